The summed E-state index contributed by atoms with van der Waals surface area (Å²) in [6.07, 6.45) is 2.98. The average molecular weight is 242 g/mol. The van der Waals surface area contributed by atoms with E-state index in [9.17, 15) is 0 Å². The lowest BCUT2D eigenvalue weighted by Crippen LogP contribution is -2.15. The molecule has 5 nitrogen and oxygen atoms in total. The summed E-state index contributed by atoms with van der Waals surface area (Å²) in [5.41, 5.74) is 7.87. The fourth-order valence-electron chi connectivity index (χ4n) is 1.69. The third-order valence-corrected chi connectivity index (χ3v) is 2.33. The number of aromatic nitrogens is 2. The quantitative estimate of drug-likeness (QED) is 0.638. The van der Waals surface area contributed by atoms with Gasteiger partial charge in [-0.25, -0.2) is 9.97 Å². The molecule has 0 radical (unpaired) electrons. The molecule has 0 atom stereocenters. The number of ether oxygens (including phenoxy) is 1. The van der Waals surface area contributed by atoms with E-state index < -0.39 is 0 Å². The van der Waals surface area contributed by atoms with Crippen LogP contribution in [0.5, 0.6) is 11.6 Å². The maximum absolute atomic E-state index is 7.42. The van der Waals surface area contributed by atoms with Gasteiger partial charge in [0.15, 0.2) is 5.69 Å². The van der Waals surface area contributed by atoms with Crippen LogP contribution in [0.2, 0.25) is 0 Å². The van der Waals surface area contributed by atoms with Gasteiger partial charge in [0.05, 0.1) is 0 Å². The standard InChI is InChI=1S/C13H14N4O/c1-8-5-9(2)7-10(6-8)18-13-11(12(14)15)16-3-4-17-13/h3-7H,1-2H3,(H3,14,15). The Morgan fingerprint density at radius 1 is 1.11 bits per heavy atom. The third-order valence-electron chi connectivity index (χ3n) is 2.33. The second-order valence-electron chi connectivity index (χ2n) is 4.05. The first-order valence-corrected chi connectivity index (χ1v) is 5.48. The van der Waals surface area contributed by atoms with Crippen molar-refractivity contribution in [2.75, 3.05) is 0 Å². The lowest BCUT2D eigenvalue weighted by molar-refractivity contribution is 0.458. The van der Waals surface area contributed by atoms with Crippen molar-refractivity contribution in [3.05, 3.63) is 47.4 Å². The molecule has 0 fully saturated rings. The van der Waals surface area contributed by atoms with Crippen LogP contribution in [0.4, 0.5) is 0 Å². The molecule has 1 aromatic heterocycles. The van der Waals surface area contributed by atoms with Crippen molar-refractivity contribution in [3.8, 4) is 11.6 Å². The number of nitrogens with zero attached hydrogens (tertiary/aromatic N) is 2. The molecule has 1 aromatic carbocycles. The molecule has 0 spiro atoms. The summed E-state index contributed by atoms with van der Waals surface area (Å²) in [6.45, 7) is 3.98. The van der Waals surface area contributed by atoms with Crippen molar-refractivity contribution in [1.82, 2.24) is 9.97 Å². The first-order valence-electron chi connectivity index (χ1n) is 5.48. The number of amidine groups is 1. The molecule has 0 unspecified atom stereocenters. The van der Waals surface area contributed by atoms with Crippen LogP contribution in [0, 0.1) is 19.3 Å². The van der Waals surface area contributed by atoms with Crippen LogP contribution in [0.15, 0.2) is 30.6 Å². The molecule has 0 aliphatic heterocycles. The highest BCUT2D eigenvalue weighted by Gasteiger charge is 2.10. The Bertz CT molecular complexity index is 575. The molecule has 5 heteroatoms. The molecule has 3 N–H and O–H groups in total. The summed E-state index contributed by atoms with van der Waals surface area (Å²) in [6, 6.07) is 5.84. The van der Waals surface area contributed by atoms with Crippen molar-refractivity contribution >= 4 is 5.84 Å². The number of nitrogens with one attached hydrogen (secondary N) is 1. The second-order valence-corrected chi connectivity index (χ2v) is 4.05. The van der Waals surface area contributed by atoms with Crippen molar-refractivity contribution in [1.29, 1.82) is 5.41 Å². The van der Waals surface area contributed by atoms with Crippen LogP contribution >= 0.6 is 0 Å². The molecule has 0 amide bonds. The summed E-state index contributed by atoms with van der Waals surface area (Å²) in [4.78, 5) is 8.03. The number of hydrogen-bond acceptors (Lipinski definition) is 4. The summed E-state index contributed by atoms with van der Waals surface area (Å²) in [7, 11) is 0. The Kier molecular flexibility index (Phi) is 3.23. The van der Waals surface area contributed by atoms with E-state index in [0.717, 1.165) is 11.1 Å². The normalized spacial score (nSPS) is 10.1. The minimum absolute atomic E-state index is 0.164. The number of benzene rings is 1. The SMILES string of the molecule is Cc1cc(C)cc(Oc2nccnc2C(=N)N)c1. The monoisotopic (exact) mass is 242 g/mol. The summed E-state index contributed by atoms with van der Waals surface area (Å²) >= 11 is 0. The Morgan fingerprint density at radius 3 is 2.33 bits per heavy atom. The highest BCUT2D eigenvalue weighted by atomic mass is 16.5. The largest absolute Gasteiger partial charge is 0.437 e. The minimum Gasteiger partial charge on any atom is -0.437 e. The van der Waals surface area contributed by atoms with E-state index in [1.54, 1.807) is 0 Å². The van der Waals surface area contributed by atoms with Crippen LogP contribution in [0.3, 0.4) is 0 Å². The van der Waals surface area contributed by atoms with Gasteiger partial charge >= 0.3 is 0 Å². The smallest absolute Gasteiger partial charge is 0.249 e. The summed E-state index contributed by atoms with van der Waals surface area (Å²) in [5, 5.41) is 7.42. The number of nitrogen functional groups attached to an aromatic ring is 1. The highest BCUT2D eigenvalue weighted by molar-refractivity contribution is 5.95. The molecule has 0 saturated carbocycles. The van der Waals surface area contributed by atoms with E-state index in [0.29, 0.717) is 5.75 Å². The van der Waals surface area contributed by atoms with Gasteiger partial charge < -0.3 is 10.5 Å². The van der Waals surface area contributed by atoms with E-state index in [1.807, 2.05) is 26.0 Å². The number of nitrogens with two attached hydrogens (primary N) is 1. The predicted molar refractivity (Wildman–Crippen MR) is 69.0 cm³/mol. The van der Waals surface area contributed by atoms with Crippen LogP contribution in [0.25, 0.3) is 0 Å². The lowest BCUT2D eigenvalue weighted by Gasteiger charge is -2.09. The van der Waals surface area contributed by atoms with E-state index in [-0.39, 0.29) is 17.4 Å². The molecule has 1 heterocycles. The first-order chi connectivity index (χ1) is 8.56. The Labute approximate surface area is 105 Å². The molecule has 0 aliphatic rings. The topological polar surface area (TPSA) is 84.9 Å². The van der Waals surface area contributed by atoms with Gasteiger partial charge in [0.25, 0.3) is 0 Å². The highest BCUT2D eigenvalue weighted by Crippen LogP contribution is 2.23. The van der Waals surface area contributed by atoms with Crippen LogP contribution in [-0.4, -0.2) is 15.8 Å². The van der Waals surface area contributed by atoms with Gasteiger partial charge in [0.1, 0.15) is 11.6 Å². The van der Waals surface area contributed by atoms with Crippen molar-refractivity contribution in [2.45, 2.75) is 13.8 Å². The molecule has 2 aromatic rings. The summed E-state index contributed by atoms with van der Waals surface area (Å²) < 4.78 is 5.64. The third kappa shape index (κ3) is 2.63. The van der Waals surface area contributed by atoms with Crippen LogP contribution in [-0.2, 0) is 0 Å². The number of hydrogen-bond donors (Lipinski definition) is 2. The molecule has 92 valence electrons. The van der Waals surface area contributed by atoms with E-state index in [4.69, 9.17) is 15.9 Å². The molecule has 18 heavy (non-hydrogen) atoms. The maximum Gasteiger partial charge on any atom is 0.249 e. The van der Waals surface area contributed by atoms with Gasteiger partial charge in [-0.1, -0.05) is 6.07 Å². The number of rotatable bonds is 3. The van der Waals surface area contributed by atoms with Crippen LogP contribution in [0.1, 0.15) is 16.8 Å². The van der Waals surface area contributed by atoms with Gasteiger partial charge in [-0.3, -0.25) is 5.41 Å². The van der Waals surface area contributed by atoms with E-state index in [2.05, 4.69) is 16.0 Å². The van der Waals surface area contributed by atoms with Gasteiger partial charge in [-0.05, 0) is 37.1 Å². The Hall–Kier alpha value is -2.43. The second kappa shape index (κ2) is 4.83. The molecule has 0 aliphatic carbocycles. The zero-order chi connectivity index (χ0) is 13.1. The van der Waals surface area contributed by atoms with E-state index >= 15 is 0 Å². The molecular weight excluding hydrogens is 228 g/mol. The Balaban J connectivity index is 2.37. The van der Waals surface area contributed by atoms with E-state index in [1.165, 1.54) is 12.4 Å². The average Bonchev–Trinajstić information content (AvgIpc) is 2.27. The van der Waals surface area contributed by atoms with Gasteiger partial charge in [0.2, 0.25) is 5.88 Å². The van der Waals surface area contributed by atoms with Crippen molar-refractivity contribution < 1.29 is 4.74 Å². The first kappa shape index (κ1) is 12.0. The Morgan fingerprint density at radius 2 is 1.72 bits per heavy atom. The predicted octanol–water partition coefficient (Wildman–Crippen LogP) is 2.17. The van der Waals surface area contributed by atoms with Gasteiger partial charge in [0, 0.05) is 12.4 Å². The lowest BCUT2D eigenvalue weighted by atomic mass is 10.1. The zero-order valence-electron chi connectivity index (χ0n) is 10.3. The van der Waals surface area contributed by atoms with Crippen molar-refractivity contribution in [2.24, 2.45) is 5.73 Å². The number of aryl methyl sites for hydroxylation is 2. The zero-order valence-corrected chi connectivity index (χ0v) is 10.3. The van der Waals surface area contributed by atoms with Crippen molar-refractivity contribution in [3.63, 3.8) is 0 Å². The molecular formula is C13H14N4O. The van der Waals surface area contributed by atoms with Crippen LogP contribution < -0.4 is 10.5 Å². The fourth-order valence-corrected chi connectivity index (χ4v) is 1.69. The molecule has 2 rings (SSSR count). The fraction of sp³-hybridized carbons (Fsp3) is 0.154. The maximum atomic E-state index is 7.42. The molecule has 0 saturated heterocycles. The minimum atomic E-state index is -0.164. The molecule has 0 bridgehead atoms. The van der Waals surface area contributed by atoms with Gasteiger partial charge in [-0.2, -0.15) is 0 Å². The summed E-state index contributed by atoms with van der Waals surface area (Å²) in [5.74, 6) is 0.743. The van der Waals surface area contributed by atoms with Gasteiger partial charge in [-0.15, -0.1) is 0 Å².